The van der Waals surface area contributed by atoms with Crippen molar-refractivity contribution in [1.29, 1.82) is 0 Å². The topological polar surface area (TPSA) is 52.6 Å². The minimum atomic E-state index is -0.665. The molecule has 0 bridgehead atoms. The first-order valence-corrected chi connectivity index (χ1v) is 10.6. The molecule has 28 heavy (non-hydrogen) atoms. The molecule has 0 unspecified atom stereocenters. The quantitative estimate of drug-likeness (QED) is 0.440. The van der Waals surface area contributed by atoms with Crippen LogP contribution < -0.4 is 5.48 Å². The summed E-state index contributed by atoms with van der Waals surface area (Å²) in [6, 6.07) is 3.30. The van der Waals surface area contributed by atoms with Crippen LogP contribution >= 0.6 is 0 Å². The Labute approximate surface area is 167 Å². The number of halogens is 1. The highest BCUT2D eigenvalue weighted by atomic mass is 19.1. The lowest BCUT2D eigenvalue weighted by molar-refractivity contribution is 0.0705. The fraction of sp³-hybridized carbons (Fsp3) is 0.609. The average molecular weight is 389 g/mol. The summed E-state index contributed by atoms with van der Waals surface area (Å²) < 4.78 is 14.6. The fourth-order valence-electron chi connectivity index (χ4n) is 5.05. The Morgan fingerprint density at radius 2 is 2.14 bits per heavy atom. The first-order valence-electron chi connectivity index (χ1n) is 10.6. The van der Waals surface area contributed by atoms with E-state index >= 15 is 0 Å². The van der Waals surface area contributed by atoms with Crippen LogP contribution in [0.4, 0.5) is 4.39 Å². The molecule has 4 nitrogen and oxygen atoms in total. The molecule has 0 aromatic heterocycles. The van der Waals surface area contributed by atoms with Gasteiger partial charge in [-0.25, -0.2) is 9.87 Å². The van der Waals surface area contributed by atoms with Gasteiger partial charge in [-0.3, -0.25) is 14.9 Å². The van der Waals surface area contributed by atoms with Crippen molar-refractivity contribution in [2.75, 3.05) is 6.54 Å². The van der Waals surface area contributed by atoms with Gasteiger partial charge < -0.3 is 0 Å². The van der Waals surface area contributed by atoms with E-state index < -0.39 is 5.91 Å². The largest absolute Gasteiger partial charge is 0.296 e. The molecule has 0 spiro atoms. The Hall–Kier alpha value is -1.72. The van der Waals surface area contributed by atoms with E-state index in [4.69, 9.17) is 5.21 Å². The van der Waals surface area contributed by atoms with Crippen molar-refractivity contribution in [2.45, 2.75) is 71.9 Å². The van der Waals surface area contributed by atoms with Crippen LogP contribution in [0.15, 0.2) is 23.8 Å². The molecule has 0 fully saturated rings. The normalized spacial score (nSPS) is 27.9. The van der Waals surface area contributed by atoms with E-state index in [1.54, 1.807) is 11.5 Å². The third kappa shape index (κ3) is 4.81. The molecule has 1 aromatic carbocycles. The molecular formula is C23H33FN2O2. The van der Waals surface area contributed by atoms with Gasteiger partial charge >= 0.3 is 0 Å². The van der Waals surface area contributed by atoms with E-state index in [0.717, 1.165) is 30.5 Å². The van der Waals surface area contributed by atoms with E-state index in [1.807, 2.05) is 0 Å². The van der Waals surface area contributed by atoms with Gasteiger partial charge in [-0.1, -0.05) is 25.5 Å². The van der Waals surface area contributed by atoms with Gasteiger partial charge in [0.05, 0.1) is 0 Å². The number of hydroxylamine groups is 1. The molecule has 2 aliphatic rings. The van der Waals surface area contributed by atoms with Gasteiger partial charge in [0.2, 0.25) is 0 Å². The molecule has 1 aliphatic heterocycles. The molecule has 3 atom stereocenters. The fourth-order valence-corrected chi connectivity index (χ4v) is 5.05. The molecule has 0 radical (unpaired) electrons. The van der Waals surface area contributed by atoms with E-state index in [9.17, 15) is 9.18 Å². The SMILES string of the molecule is CC[C@@H]1Cc2c(F)cc(C(=O)NO)cc2CN1C[C@@H]1CC/C=C(/C)C[C@H](C)C1. The minimum Gasteiger partial charge on any atom is -0.296 e. The monoisotopic (exact) mass is 388 g/mol. The van der Waals surface area contributed by atoms with Crippen LogP contribution in [0.5, 0.6) is 0 Å². The van der Waals surface area contributed by atoms with Crippen molar-refractivity contribution in [3.63, 3.8) is 0 Å². The molecule has 0 saturated heterocycles. The maximum Gasteiger partial charge on any atom is 0.274 e. The van der Waals surface area contributed by atoms with Gasteiger partial charge in [0, 0.05) is 24.7 Å². The number of rotatable bonds is 4. The van der Waals surface area contributed by atoms with Crippen LogP contribution in [0, 0.1) is 17.7 Å². The van der Waals surface area contributed by atoms with E-state index in [2.05, 4.69) is 31.7 Å². The Morgan fingerprint density at radius 1 is 1.36 bits per heavy atom. The second kappa shape index (κ2) is 9.19. The average Bonchev–Trinajstić information content (AvgIpc) is 2.65. The maximum absolute atomic E-state index is 14.6. The van der Waals surface area contributed by atoms with Crippen LogP contribution in [-0.2, 0) is 13.0 Å². The van der Waals surface area contributed by atoms with Crippen LogP contribution in [0.1, 0.15) is 74.4 Å². The highest BCUT2D eigenvalue weighted by Crippen LogP contribution is 2.32. The van der Waals surface area contributed by atoms with Crippen molar-refractivity contribution in [2.24, 2.45) is 11.8 Å². The summed E-state index contributed by atoms with van der Waals surface area (Å²) in [6.07, 6.45) is 8.80. The summed E-state index contributed by atoms with van der Waals surface area (Å²) >= 11 is 0. The summed E-state index contributed by atoms with van der Waals surface area (Å²) in [6.45, 7) is 8.43. The smallest absolute Gasteiger partial charge is 0.274 e. The number of benzene rings is 1. The van der Waals surface area contributed by atoms with Gasteiger partial charge in [-0.05, 0) is 80.5 Å². The third-order valence-corrected chi connectivity index (χ3v) is 6.42. The summed E-state index contributed by atoms with van der Waals surface area (Å²) in [4.78, 5) is 14.2. The molecule has 2 N–H and O–H groups in total. The van der Waals surface area contributed by atoms with Gasteiger partial charge in [0.25, 0.3) is 5.91 Å². The van der Waals surface area contributed by atoms with Crippen LogP contribution in [0.2, 0.25) is 0 Å². The number of nitrogens with zero attached hydrogens (tertiary/aromatic N) is 1. The summed E-state index contributed by atoms with van der Waals surface area (Å²) in [5, 5.41) is 8.89. The predicted octanol–water partition coefficient (Wildman–Crippen LogP) is 4.85. The Balaban J connectivity index is 1.79. The first-order chi connectivity index (χ1) is 13.4. The molecule has 1 amide bonds. The number of hydrogen-bond acceptors (Lipinski definition) is 3. The predicted molar refractivity (Wildman–Crippen MR) is 109 cm³/mol. The third-order valence-electron chi connectivity index (χ3n) is 6.42. The first kappa shape index (κ1) is 21.0. The summed E-state index contributed by atoms with van der Waals surface area (Å²) in [7, 11) is 0. The Kier molecular flexibility index (Phi) is 6.89. The van der Waals surface area contributed by atoms with Gasteiger partial charge in [-0.2, -0.15) is 0 Å². The molecule has 1 aromatic rings. The molecule has 1 heterocycles. The lowest BCUT2D eigenvalue weighted by Crippen LogP contribution is -2.43. The maximum atomic E-state index is 14.6. The van der Waals surface area contributed by atoms with Crippen molar-refractivity contribution < 1.29 is 14.4 Å². The zero-order valence-electron chi connectivity index (χ0n) is 17.3. The van der Waals surface area contributed by atoms with Gasteiger partial charge in [-0.15, -0.1) is 0 Å². The van der Waals surface area contributed by atoms with E-state index in [-0.39, 0.29) is 11.4 Å². The molecular weight excluding hydrogens is 355 g/mol. The zero-order chi connectivity index (χ0) is 20.3. The lowest BCUT2D eigenvalue weighted by atomic mass is 9.83. The second-order valence-electron chi connectivity index (χ2n) is 8.77. The molecule has 0 saturated carbocycles. The number of fused-ring (bicyclic) bond motifs is 1. The molecule has 5 heteroatoms. The number of carbonyl (C=O) groups is 1. The molecule has 3 rings (SSSR count). The van der Waals surface area contributed by atoms with Crippen LogP contribution in [0.25, 0.3) is 0 Å². The van der Waals surface area contributed by atoms with Gasteiger partial charge in [0.15, 0.2) is 0 Å². The summed E-state index contributed by atoms with van der Waals surface area (Å²) in [5.74, 6) is 0.330. The zero-order valence-corrected chi connectivity index (χ0v) is 17.3. The Morgan fingerprint density at radius 3 is 2.86 bits per heavy atom. The number of allylic oxidation sites excluding steroid dienone is 2. The van der Waals surface area contributed by atoms with E-state index in [0.29, 0.717) is 30.8 Å². The van der Waals surface area contributed by atoms with Crippen molar-refractivity contribution in [1.82, 2.24) is 10.4 Å². The van der Waals surface area contributed by atoms with Crippen molar-refractivity contribution >= 4 is 5.91 Å². The molecule has 154 valence electrons. The Bertz CT molecular complexity index is 746. The van der Waals surface area contributed by atoms with E-state index in [1.165, 1.54) is 30.9 Å². The second-order valence-corrected chi connectivity index (χ2v) is 8.77. The highest BCUT2D eigenvalue weighted by molar-refractivity contribution is 5.93. The number of carbonyl (C=O) groups excluding carboxylic acids is 1. The van der Waals surface area contributed by atoms with Crippen molar-refractivity contribution in [3.05, 3.63) is 46.3 Å². The summed E-state index contributed by atoms with van der Waals surface area (Å²) in [5.41, 5.74) is 4.89. The standard InChI is InChI=1S/C23H33FN2O2/c1-4-20-12-21-19(10-18(11-22(21)24)23(27)25-28)14-26(20)13-17-7-5-6-15(2)8-16(3)9-17/h6,10-11,16-17,20,28H,4-5,7-9,12-14H2,1-3H3,(H,25,27)/b15-6-/t16-,17+,20+/m0/s1. The highest BCUT2D eigenvalue weighted by Gasteiger charge is 2.30. The lowest BCUT2D eigenvalue weighted by Gasteiger charge is -2.39. The number of amides is 1. The van der Waals surface area contributed by atoms with Gasteiger partial charge in [0.1, 0.15) is 5.82 Å². The number of hydrogen-bond donors (Lipinski definition) is 2. The molecule has 1 aliphatic carbocycles. The van der Waals surface area contributed by atoms with Crippen LogP contribution in [0.3, 0.4) is 0 Å². The minimum absolute atomic E-state index is 0.175. The number of nitrogens with one attached hydrogen (secondary N) is 1. The van der Waals surface area contributed by atoms with Crippen LogP contribution in [-0.4, -0.2) is 28.6 Å². The van der Waals surface area contributed by atoms with Crippen molar-refractivity contribution in [3.8, 4) is 0 Å².